The molecule has 1 saturated heterocycles. The van der Waals surface area contributed by atoms with E-state index in [1.165, 1.54) is 17.0 Å². The van der Waals surface area contributed by atoms with Gasteiger partial charge in [0.2, 0.25) is 5.91 Å². The normalized spacial score (nSPS) is 18.6. The lowest BCUT2D eigenvalue weighted by Crippen LogP contribution is -2.54. The number of amides is 3. The highest BCUT2D eigenvalue weighted by Gasteiger charge is 2.45. The highest BCUT2D eigenvalue weighted by Crippen LogP contribution is 2.40. The summed E-state index contributed by atoms with van der Waals surface area (Å²) in [6.45, 7) is 2.01. The topological polar surface area (TPSA) is 127 Å². The number of carbonyl (C=O) groups excluding carboxylic acids is 4. The number of nitro benzene ring substituents is 1. The molecule has 0 aromatic heterocycles. The fourth-order valence-corrected chi connectivity index (χ4v) is 4.90. The minimum atomic E-state index is -0.845. The predicted octanol–water partition coefficient (Wildman–Crippen LogP) is 2.53. The zero-order chi connectivity index (χ0) is 24.2. The maximum absolute atomic E-state index is 12.9. The van der Waals surface area contributed by atoms with Gasteiger partial charge >= 0.3 is 0 Å². The number of rotatable bonds is 3. The second-order valence-corrected chi connectivity index (χ2v) is 8.92. The van der Waals surface area contributed by atoms with Crippen molar-refractivity contribution >= 4 is 29.2 Å². The van der Waals surface area contributed by atoms with Gasteiger partial charge in [-0.25, -0.2) is 0 Å². The van der Waals surface area contributed by atoms with Crippen LogP contribution < -0.4 is 4.74 Å². The van der Waals surface area contributed by atoms with Crippen LogP contribution in [0.25, 0.3) is 0 Å². The molecule has 1 fully saturated rings. The number of nitrogens with zero attached hydrogens (tertiary/aromatic N) is 3. The van der Waals surface area contributed by atoms with Gasteiger partial charge in [-0.15, -0.1) is 0 Å². The number of fused-ring (bicyclic) bond motifs is 2. The molecule has 3 amide bonds. The van der Waals surface area contributed by atoms with Crippen molar-refractivity contribution in [3.05, 3.63) is 68.8 Å². The molecule has 3 aliphatic rings. The number of ether oxygens (including phenoxy) is 1. The van der Waals surface area contributed by atoms with Crippen molar-refractivity contribution < 1.29 is 28.8 Å². The Morgan fingerprint density at radius 3 is 2.53 bits per heavy atom. The number of carbonyl (C=O) groups is 4. The highest BCUT2D eigenvalue weighted by molar-refractivity contribution is 6.24. The summed E-state index contributed by atoms with van der Waals surface area (Å²) in [5.41, 5.74) is 0.0416. The van der Waals surface area contributed by atoms with Crippen molar-refractivity contribution in [3.63, 3.8) is 0 Å². The molecule has 3 aliphatic heterocycles. The number of benzene rings is 2. The van der Waals surface area contributed by atoms with Crippen LogP contribution in [-0.4, -0.2) is 63.5 Å². The van der Waals surface area contributed by atoms with Gasteiger partial charge in [0.05, 0.1) is 22.5 Å². The van der Waals surface area contributed by atoms with Crippen molar-refractivity contribution in [1.82, 2.24) is 9.80 Å². The van der Waals surface area contributed by atoms with E-state index in [1.54, 1.807) is 6.07 Å². The number of imide groups is 1. The SMILES string of the molecule is Cc1ccc2c(c1)C(=O)CC1(CCN(C(=O)CN3C(=O)c4cccc([N+](=O)[O-])c4C3=O)CC1)O2. The van der Waals surface area contributed by atoms with E-state index in [-0.39, 0.29) is 23.3 Å². The number of ketones is 1. The van der Waals surface area contributed by atoms with E-state index in [9.17, 15) is 29.3 Å². The molecule has 10 nitrogen and oxygen atoms in total. The first-order valence-electron chi connectivity index (χ1n) is 10.9. The molecule has 0 bridgehead atoms. The third-order valence-corrected chi connectivity index (χ3v) is 6.74. The fraction of sp³-hybridized carbons (Fsp3) is 0.333. The van der Waals surface area contributed by atoms with E-state index in [2.05, 4.69) is 0 Å². The number of hydrogen-bond donors (Lipinski definition) is 0. The largest absolute Gasteiger partial charge is 0.486 e. The van der Waals surface area contributed by atoms with Crippen molar-refractivity contribution in [2.45, 2.75) is 31.8 Å². The number of piperidine rings is 1. The predicted molar refractivity (Wildman–Crippen MR) is 118 cm³/mol. The Hall–Kier alpha value is -4.08. The molecule has 2 aromatic carbocycles. The molecule has 0 radical (unpaired) electrons. The van der Waals surface area contributed by atoms with Crippen LogP contribution in [0.1, 0.15) is 55.9 Å². The Morgan fingerprint density at radius 2 is 1.82 bits per heavy atom. The molecule has 0 N–H and O–H groups in total. The van der Waals surface area contributed by atoms with Crippen LogP contribution in [0.2, 0.25) is 0 Å². The Morgan fingerprint density at radius 1 is 1.09 bits per heavy atom. The van der Waals surface area contributed by atoms with Crippen LogP contribution in [0, 0.1) is 17.0 Å². The fourth-order valence-electron chi connectivity index (χ4n) is 4.90. The molecule has 10 heteroatoms. The number of Topliss-reactive ketones (excluding diaryl/α,β-unsaturated/α-hetero) is 1. The Kier molecular flexibility index (Phi) is 4.96. The first kappa shape index (κ1) is 21.7. The van der Waals surface area contributed by atoms with Gasteiger partial charge < -0.3 is 9.64 Å². The molecular formula is C24H21N3O7. The zero-order valence-corrected chi connectivity index (χ0v) is 18.4. The lowest BCUT2D eigenvalue weighted by atomic mass is 9.82. The number of nitro groups is 1. The van der Waals surface area contributed by atoms with Crippen LogP contribution >= 0.6 is 0 Å². The lowest BCUT2D eigenvalue weighted by molar-refractivity contribution is -0.385. The number of aryl methyl sites for hydroxylation is 1. The van der Waals surface area contributed by atoms with Gasteiger partial charge in [0.15, 0.2) is 5.78 Å². The second-order valence-electron chi connectivity index (χ2n) is 8.92. The minimum Gasteiger partial charge on any atom is -0.486 e. The summed E-state index contributed by atoms with van der Waals surface area (Å²) in [5.74, 6) is -1.45. The zero-order valence-electron chi connectivity index (χ0n) is 18.4. The second kappa shape index (κ2) is 7.75. The summed E-state index contributed by atoms with van der Waals surface area (Å²) in [6, 6.07) is 9.33. The van der Waals surface area contributed by atoms with E-state index in [1.807, 2.05) is 19.1 Å². The average molecular weight is 463 g/mol. The monoisotopic (exact) mass is 463 g/mol. The van der Waals surface area contributed by atoms with E-state index in [0.29, 0.717) is 37.2 Å². The van der Waals surface area contributed by atoms with Gasteiger partial charge in [-0.05, 0) is 25.1 Å². The summed E-state index contributed by atoms with van der Waals surface area (Å²) in [6.07, 6.45) is 1.10. The van der Waals surface area contributed by atoms with Crippen molar-refractivity contribution in [1.29, 1.82) is 0 Å². The summed E-state index contributed by atoms with van der Waals surface area (Å²) < 4.78 is 6.22. The summed E-state index contributed by atoms with van der Waals surface area (Å²) in [7, 11) is 0. The van der Waals surface area contributed by atoms with E-state index < -0.39 is 40.5 Å². The maximum atomic E-state index is 12.9. The maximum Gasteiger partial charge on any atom is 0.282 e. The first-order chi connectivity index (χ1) is 16.2. The lowest BCUT2D eigenvalue weighted by Gasteiger charge is -2.44. The van der Waals surface area contributed by atoms with Crippen LogP contribution in [0.5, 0.6) is 5.75 Å². The molecule has 1 spiro atoms. The van der Waals surface area contributed by atoms with Crippen LogP contribution in [0.4, 0.5) is 5.69 Å². The molecule has 0 aliphatic carbocycles. The van der Waals surface area contributed by atoms with Gasteiger partial charge in [0.1, 0.15) is 23.5 Å². The number of likely N-dealkylation sites (tertiary alicyclic amines) is 1. The van der Waals surface area contributed by atoms with Gasteiger partial charge in [0.25, 0.3) is 17.5 Å². The van der Waals surface area contributed by atoms with Gasteiger partial charge in [-0.1, -0.05) is 17.7 Å². The average Bonchev–Trinajstić information content (AvgIpc) is 3.05. The molecule has 0 atom stereocenters. The molecule has 0 unspecified atom stereocenters. The minimum absolute atomic E-state index is 0.0114. The van der Waals surface area contributed by atoms with E-state index in [0.717, 1.165) is 16.5 Å². The highest BCUT2D eigenvalue weighted by atomic mass is 16.6. The summed E-state index contributed by atoms with van der Waals surface area (Å²) in [5, 5.41) is 11.3. The number of hydrogen-bond acceptors (Lipinski definition) is 7. The molecule has 0 saturated carbocycles. The summed E-state index contributed by atoms with van der Waals surface area (Å²) >= 11 is 0. The molecule has 174 valence electrons. The van der Waals surface area contributed by atoms with E-state index in [4.69, 9.17) is 4.74 Å². The quantitative estimate of drug-likeness (QED) is 0.389. The third kappa shape index (κ3) is 3.42. The van der Waals surface area contributed by atoms with Gasteiger partial charge in [-0.3, -0.25) is 34.2 Å². The summed E-state index contributed by atoms with van der Waals surface area (Å²) in [4.78, 5) is 63.9. The Bertz CT molecular complexity index is 1280. The standard InChI is InChI=1S/C24H21N3O7/c1-14-5-6-19-16(11-14)18(28)12-24(34-19)7-9-25(10-8-24)20(29)13-26-22(30)15-3-2-4-17(27(32)33)21(15)23(26)31/h2-6,11H,7-10,12-13H2,1H3. The first-order valence-corrected chi connectivity index (χ1v) is 10.9. The molecule has 5 rings (SSSR count). The smallest absolute Gasteiger partial charge is 0.282 e. The Balaban J connectivity index is 1.27. The van der Waals surface area contributed by atoms with Crippen molar-refractivity contribution in [2.75, 3.05) is 19.6 Å². The van der Waals surface area contributed by atoms with Crippen LogP contribution in [0.15, 0.2) is 36.4 Å². The molecule has 2 aromatic rings. The van der Waals surface area contributed by atoms with E-state index >= 15 is 0 Å². The third-order valence-electron chi connectivity index (χ3n) is 6.74. The van der Waals surface area contributed by atoms with Crippen LogP contribution in [-0.2, 0) is 4.79 Å². The van der Waals surface area contributed by atoms with Crippen molar-refractivity contribution in [3.8, 4) is 5.75 Å². The molecular weight excluding hydrogens is 442 g/mol. The van der Waals surface area contributed by atoms with Crippen LogP contribution in [0.3, 0.4) is 0 Å². The van der Waals surface area contributed by atoms with Crippen molar-refractivity contribution in [2.24, 2.45) is 0 Å². The Labute approximate surface area is 194 Å². The van der Waals surface area contributed by atoms with Gasteiger partial charge in [-0.2, -0.15) is 0 Å². The van der Waals surface area contributed by atoms with Gasteiger partial charge in [0, 0.05) is 32.0 Å². The molecule has 3 heterocycles. The molecule has 34 heavy (non-hydrogen) atoms.